The van der Waals surface area contributed by atoms with Gasteiger partial charge in [0.05, 0.1) is 0 Å². The van der Waals surface area contributed by atoms with Crippen molar-refractivity contribution in [1.82, 2.24) is 4.98 Å². The van der Waals surface area contributed by atoms with Gasteiger partial charge in [-0.15, -0.1) is 0 Å². The van der Waals surface area contributed by atoms with E-state index in [2.05, 4.69) is 37.9 Å². The van der Waals surface area contributed by atoms with E-state index in [4.69, 9.17) is 0 Å². The third-order valence-corrected chi connectivity index (χ3v) is 2.31. The van der Waals surface area contributed by atoms with Crippen LogP contribution in [-0.4, -0.2) is 21.8 Å². The summed E-state index contributed by atoms with van der Waals surface area (Å²) in [6.07, 6.45) is 1.89. The predicted octanol–water partition coefficient (Wildman–Crippen LogP) is 0.637. The van der Waals surface area contributed by atoms with Crippen LogP contribution in [0.5, 0.6) is 0 Å². The summed E-state index contributed by atoms with van der Waals surface area (Å²) in [5.74, 6) is 0. The maximum atomic E-state index is 4.18. The molecule has 0 amide bonds. The molecule has 1 atom stereocenters. The third kappa shape index (κ3) is 2.34. The molecule has 60 valence electrons. The van der Waals surface area contributed by atoms with Crippen molar-refractivity contribution in [2.45, 2.75) is 26.2 Å². The average Bonchev–Trinajstić information content (AvgIpc) is 1.86. The molecule has 0 saturated carbocycles. The van der Waals surface area contributed by atoms with Crippen LogP contribution in [0, 0.1) is 0 Å². The van der Waals surface area contributed by atoms with Crippen LogP contribution in [0.15, 0.2) is 18.3 Å². The summed E-state index contributed by atoms with van der Waals surface area (Å²) in [4.78, 5) is 4.18. The van der Waals surface area contributed by atoms with Gasteiger partial charge in [0.15, 0.2) is 0 Å². The molecule has 0 saturated heterocycles. The Morgan fingerprint density at radius 3 is 2.36 bits per heavy atom. The van der Waals surface area contributed by atoms with Gasteiger partial charge in [-0.3, -0.25) is 0 Å². The van der Waals surface area contributed by atoms with Gasteiger partial charge in [-0.25, -0.2) is 0 Å². The first-order valence-electron chi connectivity index (χ1n) is 3.72. The van der Waals surface area contributed by atoms with E-state index in [1.165, 1.54) is 5.56 Å². The number of rotatable bonds is 0. The zero-order valence-electron chi connectivity index (χ0n) is 7.26. The fourth-order valence-electron chi connectivity index (χ4n) is 0.915. The molecule has 1 aromatic heterocycles. The second kappa shape index (κ2) is 2.98. The Bertz CT molecular complexity index is 250. The fraction of sp³-hybridized carbons (Fsp3) is 0.444. The molecule has 0 spiro atoms. The minimum atomic E-state index is 0.254. The van der Waals surface area contributed by atoms with Crippen molar-refractivity contribution in [2.75, 3.05) is 0 Å². The summed E-state index contributed by atoms with van der Waals surface area (Å²) in [5.41, 5.74) is 1.62. The normalized spacial score (nSPS) is 11.6. The van der Waals surface area contributed by atoms with Crippen molar-refractivity contribution >= 4 is 21.3 Å². The molecule has 2 heteroatoms. The Morgan fingerprint density at radius 2 is 2.00 bits per heavy atom. The standard InChI is InChI=1S/C9H14AsN/c1-9(2,3)7-4-5-11-8(10)6-7/h4-6H,10H2,1-3H3. The molecule has 1 nitrogen and oxygen atoms in total. The van der Waals surface area contributed by atoms with E-state index in [1.807, 2.05) is 6.20 Å². The summed E-state index contributed by atoms with van der Waals surface area (Å²) in [7, 11) is 0. The van der Waals surface area contributed by atoms with Gasteiger partial charge in [0.2, 0.25) is 0 Å². The second-order valence-corrected chi connectivity index (χ2v) is 4.96. The van der Waals surface area contributed by atoms with Gasteiger partial charge < -0.3 is 0 Å². The van der Waals surface area contributed by atoms with Gasteiger partial charge in [0, 0.05) is 0 Å². The van der Waals surface area contributed by atoms with E-state index in [0.29, 0.717) is 0 Å². The zero-order chi connectivity index (χ0) is 8.48. The molecule has 0 aliphatic carbocycles. The van der Waals surface area contributed by atoms with Gasteiger partial charge in [0.1, 0.15) is 0 Å². The Labute approximate surface area is 76.7 Å². The number of hydrogen-bond donors (Lipinski definition) is 0. The first-order chi connectivity index (χ1) is 5.00. The predicted molar refractivity (Wildman–Crippen MR) is 51.1 cm³/mol. The Kier molecular flexibility index (Phi) is 2.39. The maximum absolute atomic E-state index is 4.18. The average molecular weight is 211 g/mol. The van der Waals surface area contributed by atoms with E-state index < -0.39 is 0 Å². The van der Waals surface area contributed by atoms with Crippen molar-refractivity contribution in [3.8, 4) is 0 Å². The van der Waals surface area contributed by atoms with E-state index in [9.17, 15) is 0 Å². The van der Waals surface area contributed by atoms with Crippen LogP contribution in [0.3, 0.4) is 0 Å². The summed E-state index contributed by atoms with van der Waals surface area (Å²) in [6, 6.07) is 4.25. The molecule has 0 aliphatic rings. The quantitative estimate of drug-likeness (QED) is 0.574. The molecule has 0 aromatic carbocycles. The summed E-state index contributed by atoms with van der Waals surface area (Å²) in [6.45, 7) is 6.65. The fourth-order valence-corrected chi connectivity index (χ4v) is 1.47. The first kappa shape index (κ1) is 8.80. The van der Waals surface area contributed by atoms with Crippen molar-refractivity contribution in [3.05, 3.63) is 23.9 Å². The topological polar surface area (TPSA) is 12.9 Å². The SMILES string of the molecule is CC(C)(C)c1ccnc([AsH2])c1. The second-order valence-electron chi connectivity index (χ2n) is 3.72. The molecule has 0 bridgehead atoms. The van der Waals surface area contributed by atoms with Crippen LogP contribution >= 0.6 is 0 Å². The number of pyridine rings is 1. The number of aromatic nitrogens is 1. The zero-order valence-corrected chi connectivity index (χ0v) is 9.68. The van der Waals surface area contributed by atoms with E-state index in [1.54, 1.807) is 16.9 Å². The Morgan fingerprint density at radius 1 is 1.36 bits per heavy atom. The first-order valence-corrected chi connectivity index (χ1v) is 4.93. The van der Waals surface area contributed by atoms with Gasteiger partial charge in [-0.1, -0.05) is 0 Å². The summed E-state index contributed by atoms with van der Waals surface area (Å²) < 4.78 is 1.16. The van der Waals surface area contributed by atoms with Crippen LogP contribution in [0.2, 0.25) is 0 Å². The van der Waals surface area contributed by atoms with Crippen LogP contribution in [0.1, 0.15) is 26.3 Å². The van der Waals surface area contributed by atoms with Gasteiger partial charge in [-0.05, 0) is 0 Å². The van der Waals surface area contributed by atoms with Gasteiger partial charge >= 0.3 is 76.4 Å². The van der Waals surface area contributed by atoms with Crippen LogP contribution in [-0.2, 0) is 5.41 Å². The molecule has 1 aromatic rings. The van der Waals surface area contributed by atoms with Crippen LogP contribution in [0.4, 0.5) is 0 Å². The van der Waals surface area contributed by atoms with Crippen molar-refractivity contribution < 1.29 is 0 Å². The monoisotopic (exact) mass is 211 g/mol. The van der Waals surface area contributed by atoms with Crippen molar-refractivity contribution in [1.29, 1.82) is 0 Å². The third-order valence-electron chi connectivity index (χ3n) is 1.65. The molecule has 1 rings (SSSR count). The number of nitrogens with zero attached hydrogens (tertiary/aromatic N) is 1. The molecule has 0 N–H and O–H groups in total. The van der Waals surface area contributed by atoms with Crippen molar-refractivity contribution in [3.63, 3.8) is 0 Å². The molecular weight excluding hydrogens is 197 g/mol. The van der Waals surface area contributed by atoms with Crippen LogP contribution in [0.25, 0.3) is 0 Å². The molecule has 0 aliphatic heterocycles. The van der Waals surface area contributed by atoms with E-state index >= 15 is 0 Å². The molecule has 1 unspecified atom stereocenters. The summed E-state index contributed by atoms with van der Waals surface area (Å²) in [5, 5.41) is 0. The molecule has 0 fully saturated rings. The Balaban J connectivity index is 3.06. The molecule has 1 heterocycles. The van der Waals surface area contributed by atoms with E-state index in [-0.39, 0.29) is 5.41 Å². The molecule has 0 radical (unpaired) electrons. The van der Waals surface area contributed by atoms with E-state index in [0.717, 1.165) is 4.48 Å². The van der Waals surface area contributed by atoms with Gasteiger partial charge in [0.25, 0.3) is 0 Å². The van der Waals surface area contributed by atoms with Gasteiger partial charge in [-0.2, -0.15) is 0 Å². The minimum absolute atomic E-state index is 0.254. The molecular formula is C9H14AsN. The van der Waals surface area contributed by atoms with Crippen molar-refractivity contribution in [2.24, 2.45) is 0 Å². The van der Waals surface area contributed by atoms with Crippen LogP contribution < -0.4 is 4.48 Å². The summed E-state index contributed by atoms with van der Waals surface area (Å²) >= 11 is 1.58. The number of hydrogen-bond acceptors (Lipinski definition) is 1. The Hall–Kier alpha value is -0.292. The molecule has 11 heavy (non-hydrogen) atoms.